The largest absolute Gasteiger partial charge is 0.300 e. The van der Waals surface area contributed by atoms with Crippen LogP contribution >= 0.6 is 0 Å². The van der Waals surface area contributed by atoms with Gasteiger partial charge in [-0.25, -0.2) is 0 Å². The average molecular weight is 306 g/mol. The van der Waals surface area contributed by atoms with Gasteiger partial charge in [0.05, 0.1) is 0 Å². The Labute approximate surface area is 140 Å². The lowest BCUT2D eigenvalue weighted by Crippen LogP contribution is -1.94. The summed E-state index contributed by atoms with van der Waals surface area (Å²) in [7, 11) is 0. The minimum Gasteiger partial charge on any atom is -0.300 e. The number of hydrogen-bond acceptors (Lipinski definition) is 1. The van der Waals surface area contributed by atoms with Crippen molar-refractivity contribution in [1.29, 1.82) is 0 Å². The van der Waals surface area contributed by atoms with Crippen molar-refractivity contribution in [2.75, 3.05) is 0 Å². The molecule has 120 valence electrons. The van der Waals surface area contributed by atoms with Gasteiger partial charge in [0.25, 0.3) is 0 Å². The van der Waals surface area contributed by atoms with E-state index in [1.807, 2.05) is 0 Å². The van der Waals surface area contributed by atoms with Gasteiger partial charge in [-0.15, -0.1) is 0 Å². The van der Waals surface area contributed by atoms with E-state index in [4.69, 9.17) is 0 Å². The second-order valence-corrected chi connectivity index (χ2v) is 6.57. The van der Waals surface area contributed by atoms with Gasteiger partial charge in [0.15, 0.2) is 0 Å². The van der Waals surface area contributed by atoms with Gasteiger partial charge in [0, 0.05) is 6.42 Å². The van der Waals surface area contributed by atoms with Crippen molar-refractivity contribution >= 4 is 11.4 Å². The zero-order valence-electron chi connectivity index (χ0n) is 14.9. The Morgan fingerprint density at radius 2 is 1.52 bits per heavy atom. The molecule has 2 aromatic carbocycles. The van der Waals surface area contributed by atoms with E-state index in [9.17, 15) is 4.79 Å². The van der Waals surface area contributed by atoms with E-state index in [1.54, 1.807) is 6.92 Å². The molecule has 0 atom stereocenters. The summed E-state index contributed by atoms with van der Waals surface area (Å²) in [5.74, 6) is 0.213. The first-order valence-electron chi connectivity index (χ1n) is 8.16. The minimum atomic E-state index is 0.213. The normalized spacial score (nSPS) is 10.7. The molecule has 1 heteroatoms. The lowest BCUT2D eigenvalue weighted by atomic mass is 9.91. The summed E-state index contributed by atoms with van der Waals surface area (Å²) >= 11 is 0. The third kappa shape index (κ3) is 3.98. The summed E-state index contributed by atoms with van der Waals surface area (Å²) in [5.41, 5.74) is 9.96. The second-order valence-electron chi connectivity index (χ2n) is 6.57. The molecule has 2 rings (SSSR count). The van der Waals surface area contributed by atoms with Crippen LogP contribution in [0.2, 0.25) is 0 Å². The maximum absolute atomic E-state index is 11.1. The zero-order chi connectivity index (χ0) is 17.1. The predicted octanol–water partition coefficient (Wildman–Crippen LogP) is 5.97. The summed E-state index contributed by atoms with van der Waals surface area (Å²) in [6.07, 6.45) is 1.30. The maximum atomic E-state index is 11.1. The summed E-state index contributed by atoms with van der Waals surface area (Å²) in [6, 6.07) is 11.0. The van der Waals surface area contributed by atoms with Crippen LogP contribution in [0.5, 0.6) is 0 Å². The van der Waals surface area contributed by atoms with E-state index in [2.05, 4.69) is 64.6 Å². The number of ketones is 1. The van der Waals surface area contributed by atoms with E-state index < -0.39 is 0 Å². The van der Waals surface area contributed by atoms with Crippen LogP contribution in [0.3, 0.4) is 0 Å². The number of rotatable bonds is 5. The molecule has 0 saturated carbocycles. The van der Waals surface area contributed by atoms with Crippen molar-refractivity contribution in [2.45, 2.75) is 47.5 Å². The first-order valence-corrected chi connectivity index (χ1v) is 8.16. The topological polar surface area (TPSA) is 17.1 Å². The highest BCUT2D eigenvalue weighted by Gasteiger charge is 2.08. The number of allylic oxidation sites excluding steroid dienone is 1. The molecule has 0 spiro atoms. The van der Waals surface area contributed by atoms with E-state index >= 15 is 0 Å². The van der Waals surface area contributed by atoms with Crippen LogP contribution in [-0.4, -0.2) is 5.78 Å². The Kier molecular flexibility index (Phi) is 5.20. The fraction of sp³-hybridized carbons (Fsp3) is 0.318. The van der Waals surface area contributed by atoms with Crippen LogP contribution in [0, 0.1) is 27.7 Å². The molecule has 0 aromatic heterocycles. The molecule has 0 heterocycles. The third-order valence-electron chi connectivity index (χ3n) is 4.65. The predicted molar refractivity (Wildman–Crippen MR) is 99.8 cm³/mol. The third-order valence-corrected chi connectivity index (χ3v) is 4.65. The molecule has 23 heavy (non-hydrogen) atoms. The quantitative estimate of drug-likeness (QED) is 0.665. The summed E-state index contributed by atoms with van der Waals surface area (Å²) in [6.45, 7) is 14.4. The van der Waals surface area contributed by atoms with Gasteiger partial charge in [0.2, 0.25) is 0 Å². The van der Waals surface area contributed by atoms with Gasteiger partial charge in [-0.2, -0.15) is 0 Å². The summed E-state index contributed by atoms with van der Waals surface area (Å²) in [4.78, 5) is 11.1. The van der Waals surface area contributed by atoms with Crippen molar-refractivity contribution in [3.8, 4) is 11.1 Å². The second kappa shape index (κ2) is 6.95. The van der Waals surface area contributed by atoms with E-state index in [1.165, 1.54) is 33.4 Å². The van der Waals surface area contributed by atoms with Crippen molar-refractivity contribution in [3.05, 3.63) is 64.7 Å². The molecule has 0 aliphatic carbocycles. The molecule has 0 radical (unpaired) electrons. The highest BCUT2D eigenvalue weighted by molar-refractivity contribution is 5.79. The number of hydrogen-bond donors (Lipinski definition) is 0. The zero-order valence-corrected chi connectivity index (χ0v) is 14.9. The highest BCUT2D eigenvalue weighted by atomic mass is 16.1. The molecule has 0 saturated heterocycles. The highest BCUT2D eigenvalue weighted by Crippen LogP contribution is 2.30. The van der Waals surface area contributed by atoms with Crippen molar-refractivity contribution < 1.29 is 4.79 Å². The molecule has 0 unspecified atom stereocenters. The Morgan fingerprint density at radius 3 is 2.04 bits per heavy atom. The Hall–Kier alpha value is -2.15. The molecule has 0 N–H and O–H groups in total. The first kappa shape index (κ1) is 17.2. The smallest absolute Gasteiger partial charge is 0.130 e. The first-order chi connectivity index (χ1) is 10.8. The molecular weight excluding hydrogens is 280 g/mol. The van der Waals surface area contributed by atoms with Crippen LogP contribution in [0.1, 0.15) is 47.6 Å². The average Bonchev–Trinajstić information content (AvgIpc) is 2.49. The monoisotopic (exact) mass is 306 g/mol. The van der Waals surface area contributed by atoms with E-state index in [0.717, 1.165) is 17.6 Å². The van der Waals surface area contributed by atoms with Gasteiger partial charge in [-0.1, -0.05) is 36.9 Å². The molecule has 0 fully saturated rings. The molecule has 0 bridgehead atoms. The van der Waals surface area contributed by atoms with Crippen LogP contribution in [0.15, 0.2) is 36.9 Å². The minimum absolute atomic E-state index is 0.213. The van der Waals surface area contributed by atoms with Gasteiger partial charge < -0.3 is 4.79 Å². The van der Waals surface area contributed by atoms with Crippen LogP contribution in [-0.2, 0) is 4.79 Å². The van der Waals surface area contributed by atoms with Crippen LogP contribution in [0.4, 0.5) is 0 Å². The lowest BCUT2D eigenvalue weighted by molar-refractivity contribution is -0.116. The van der Waals surface area contributed by atoms with Gasteiger partial charge in [0.1, 0.15) is 5.78 Å². The van der Waals surface area contributed by atoms with Gasteiger partial charge >= 0.3 is 0 Å². The number of carbonyl (C=O) groups excluding carboxylic acids is 1. The standard InChI is InChI=1S/C22H26O/c1-14(7-8-18(5)23)20-9-10-22(17(4)13-20)21-11-15(2)19(6)16(3)12-21/h9-13H,1,7-8H2,2-6H3. The number of Topliss-reactive ketones (excluding diaryl/α,β-unsaturated/α-hetero) is 1. The van der Waals surface area contributed by atoms with Crippen molar-refractivity contribution in [1.82, 2.24) is 0 Å². The molecule has 0 aliphatic rings. The van der Waals surface area contributed by atoms with Gasteiger partial charge in [-0.05, 0) is 85.6 Å². The fourth-order valence-corrected chi connectivity index (χ4v) is 2.87. The van der Waals surface area contributed by atoms with E-state index in [-0.39, 0.29) is 5.78 Å². The van der Waals surface area contributed by atoms with Crippen LogP contribution in [0.25, 0.3) is 16.7 Å². The summed E-state index contributed by atoms with van der Waals surface area (Å²) < 4.78 is 0. The van der Waals surface area contributed by atoms with Gasteiger partial charge in [-0.3, -0.25) is 0 Å². The SMILES string of the molecule is C=C(CCC(C)=O)c1ccc(-c2cc(C)c(C)c(C)c2)c(C)c1. The fourth-order valence-electron chi connectivity index (χ4n) is 2.87. The summed E-state index contributed by atoms with van der Waals surface area (Å²) in [5, 5.41) is 0. The maximum Gasteiger partial charge on any atom is 0.130 e. The lowest BCUT2D eigenvalue weighted by Gasteiger charge is -2.13. The number of benzene rings is 2. The Balaban J connectivity index is 2.33. The Morgan fingerprint density at radius 1 is 0.913 bits per heavy atom. The number of aryl methyl sites for hydroxylation is 3. The molecule has 0 amide bonds. The molecule has 1 nitrogen and oxygen atoms in total. The Bertz CT molecular complexity index is 743. The molecule has 0 aliphatic heterocycles. The van der Waals surface area contributed by atoms with Crippen molar-refractivity contribution in [2.24, 2.45) is 0 Å². The van der Waals surface area contributed by atoms with Crippen molar-refractivity contribution in [3.63, 3.8) is 0 Å². The molecular formula is C22H26O. The van der Waals surface area contributed by atoms with Crippen LogP contribution < -0.4 is 0 Å². The van der Waals surface area contributed by atoms with E-state index in [0.29, 0.717) is 6.42 Å². The number of carbonyl (C=O) groups is 1. The molecule has 2 aromatic rings.